The SMILES string of the molecule is Cc1nn(CC(=O)NCC2CCC(O)C2)c(C)c1N. The van der Waals surface area contributed by atoms with E-state index in [2.05, 4.69) is 10.4 Å². The van der Waals surface area contributed by atoms with Gasteiger partial charge in [0, 0.05) is 6.54 Å². The molecule has 19 heavy (non-hydrogen) atoms. The minimum atomic E-state index is -0.197. The Morgan fingerprint density at radius 1 is 1.53 bits per heavy atom. The molecule has 1 fully saturated rings. The molecule has 4 N–H and O–H groups in total. The molecular weight excluding hydrogens is 244 g/mol. The molecule has 1 aromatic rings. The normalized spacial score (nSPS) is 22.7. The van der Waals surface area contributed by atoms with Gasteiger partial charge in [-0.2, -0.15) is 5.10 Å². The van der Waals surface area contributed by atoms with E-state index in [0.29, 0.717) is 18.2 Å². The van der Waals surface area contributed by atoms with Gasteiger partial charge in [0.1, 0.15) is 6.54 Å². The van der Waals surface area contributed by atoms with E-state index in [1.54, 1.807) is 4.68 Å². The van der Waals surface area contributed by atoms with Gasteiger partial charge in [-0.1, -0.05) is 0 Å². The van der Waals surface area contributed by atoms with Crippen molar-refractivity contribution in [3.05, 3.63) is 11.4 Å². The Labute approximate surface area is 113 Å². The van der Waals surface area contributed by atoms with Gasteiger partial charge in [0.2, 0.25) is 5.91 Å². The van der Waals surface area contributed by atoms with E-state index in [9.17, 15) is 9.90 Å². The molecule has 6 nitrogen and oxygen atoms in total. The molecule has 1 amide bonds. The molecule has 106 valence electrons. The predicted octanol–water partition coefficient (Wildman–Crippen LogP) is 0.359. The number of rotatable bonds is 4. The molecule has 2 unspecified atom stereocenters. The second-order valence-electron chi connectivity index (χ2n) is 5.38. The summed E-state index contributed by atoms with van der Waals surface area (Å²) in [6.07, 6.45) is 2.41. The third-order valence-corrected chi connectivity index (χ3v) is 3.83. The number of anilines is 1. The fourth-order valence-electron chi connectivity index (χ4n) is 2.55. The lowest BCUT2D eigenvalue weighted by molar-refractivity contribution is -0.122. The number of aryl methyl sites for hydroxylation is 1. The minimum Gasteiger partial charge on any atom is -0.396 e. The topological polar surface area (TPSA) is 93.2 Å². The number of nitrogens with one attached hydrogen (secondary N) is 1. The maximum atomic E-state index is 11.8. The molecule has 0 bridgehead atoms. The van der Waals surface area contributed by atoms with E-state index >= 15 is 0 Å². The highest BCUT2D eigenvalue weighted by Gasteiger charge is 2.23. The summed E-state index contributed by atoms with van der Waals surface area (Å²) in [5, 5.41) is 16.6. The van der Waals surface area contributed by atoms with Crippen LogP contribution in [0.5, 0.6) is 0 Å². The second-order valence-corrected chi connectivity index (χ2v) is 5.38. The van der Waals surface area contributed by atoms with Crippen LogP contribution < -0.4 is 11.1 Å². The summed E-state index contributed by atoms with van der Waals surface area (Å²) in [4.78, 5) is 11.8. The molecule has 2 rings (SSSR count). The maximum Gasteiger partial charge on any atom is 0.241 e. The summed E-state index contributed by atoms with van der Waals surface area (Å²) in [6.45, 7) is 4.51. The van der Waals surface area contributed by atoms with Crippen LogP contribution in [-0.2, 0) is 11.3 Å². The predicted molar refractivity (Wildman–Crippen MR) is 72.5 cm³/mol. The van der Waals surface area contributed by atoms with Crippen LogP contribution in [0.1, 0.15) is 30.7 Å². The van der Waals surface area contributed by atoms with Gasteiger partial charge in [0.15, 0.2) is 0 Å². The van der Waals surface area contributed by atoms with E-state index in [4.69, 9.17) is 5.73 Å². The van der Waals surface area contributed by atoms with Crippen molar-refractivity contribution < 1.29 is 9.90 Å². The fraction of sp³-hybridized carbons (Fsp3) is 0.692. The molecular formula is C13H22N4O2. The first kappa shape index (κ1) is 13.9. The minimum absolute atomic E-state index is 0.0630. The first-order chi connectivity index (χ1) is 8.97. The van der Waals surface area contributed by atoms with Gasteiger partial charge in [-0.25, -0.2) is 0 Å². The van der Waals surface area contributed by atoms with E-state index in [-0.39, 0.29) is 18.6 Å². The highest BCUT2D eigenvalue weighted by molar-refractivity contribution is 5.75. The number of hydrogen-bond acceptors (Lipinski definition) is 4. The zero-order valence-corrected chi connectivity index (χ0v) is 11.5. The van der Waals surface area contributed by atoms with Crippen LogP contribution in [0.3, 0.4) is 0 Å². The van der Waals surface area contributed by atoms with Crippen LogP contribution in [0.4, 0.5) is 5.69 Å². The Balaban J connectivity index is 1.82. The van der Waals surface area contributed by atoms with Crippen LogP contribution in [0.15, 0.2) is 0 Å². The van der Waals surface area contributed by atoms with E-state index in [0.717, 1.165) is 30.7 Å². The Kier molecular flexibility index (Phi) is 4.09. The van der Waals surface area contributed by atoms with Gasteiger partial charge in [-0.05, 0) is 39.0 Å². The Morgan fingerprint density at radius 3 is 2.79 bits per heavy atom. The van der Waals surface area contributed by atoms with Gasteiger partial charge in [0.05, 0.1) is 23.2 Å². The quantitative estimate of drug-likeness (QED) is 0.733. The summed E-state index contributed by atoms with van der Waals surface area (Å²) >= 11 is 0. The van der Waals surface area contributed by atoms with Gasteiger partial charge in [0.25, 0.3) is 0 Å². The van der Waals surface area contributed by atoms with Gasteiger partial charge < -0.3 is 16.2 Å². The Hall–Kier alpha value is -1.56. The van der Waals surface area contributed by atoms with Crippen molar-refractivity contribution in [2.45, 2.75) is 45.8 Å². The van der Waals surface area contributed by atoms with Crippen LogP contribution >= 0.6 is 0 Å². The smallest absolute Gasteiger partial charge is 0.241 e. The number of aliphatic hydroxyl groups is 1. The third-order valence-electron chi connectivity index (χ3n) is 3.83. The summed E-state index contributed by atoms with van der Waals surface area (Å²) in [7, 11) is 0. The average Bonchev–Trinajstić information content (AvgIpc) is 2.88. The molecule has 6 heteroatoms. The van der Waals surface area contributed by atoms with Crippen molar-refractivity contribution in [2.75, 3.05) is 12.3 Å². The number of nitrogens with two attached hydrogens (primary N) is 1. The molecule has 1 aromatic heterocycles. The number of carbonyl (C=O) groups is 1. The highest BCUT2D eigenvalue weighted by atomic mass is 16.3. The summed E-state index contributed by atoms with van der Waals surface area (Å²) in [5.41, 5.74) is 8.05. The first-order valence-corrected chi connectivity index (χ1v) is 6.71. The molecule has 1 saturated carbocycles. The van der Waals surface area contributed by atoms with Crippen LogP contribution in [0, 0.1) is 19.8 Å². The van der Waals surface area contributed by atoms with Crippen molar-refractivity contribution in [3.8, 4) is 0 Å². The number of nitrogens with zero attached hydrogens (tertiary/aromatic N) is 2. The molecule has 0 saturated heterocycles. The molecule has 0 aliphatic heterocycles. The zero-order valence-electron chi connectivity index (χ0n) is 11.5. The lowest BCUT2D eigenvalue weighted by Crippen LogP contribution is -2.32. The molecule has 1 aliphatic rings. The third kappa shape index (κ3) is 3.26. The number of aromatic nitrogens is 2. The van der Waals surface area contributed by atoms with Gasteiger partial charge in [-0.15, -0.1) is 0 Å². The zero-order chi connectivity index (χ0) is 14.0. The number of nitrogen functional groups attached to an aromatic ring is 1. The molecule has 1 heterocycles. The van der Waals surface area contributed by atoms with Crippen molar-refractivity contribution in [2.24, 2.45) is 5.92 Å². The second kappa shape index (κ2) is 5.61. The molecule has 1 aliphatic carbocycles. The number of aliphatic hydroxyl groups excluding tert-OH is 1. The highest BCUT2D eigenvalue weighted by Crippen LogP contribution is 2.24. The summed E-state index contributed by atoms with van der Waals surface area (Å²) < 4.78 is 1.63. The van der Waals surface area contributed by atoms with E-state index in [1.165, 1.54) is 0 Å². The van der Waals surface area contributed by atoms with E-state index < -0.39 is 0 Å². The van der Waals surface area contributed by atoms with Crippen molar-refractivity contribution in [1.82, 2.24) is 15.1 Å². The maximum absolute atomic E-state index is 11.8. The molecule has 2 atom stereocenters. The van der Waals surface area contributed by atoms with Crippen LogP contribution in [0.2, 0.25) is 0 Å². The Bertz CT molecular complexity index is 469. The van der Waals surface area contributed by atoms with Gasteiger partial charge >= 0.3 is 0 Å². The van der Waals surface area contributed by atoms with Crippen molar-refractivity contribution in [1.29, 1.82) is 0 Å². The Morgan fingerprint density at radius 2 is 2.26 bits per heavy atom. The number of carbonyl (C=O) groups excluding carboxylic acids is 1. The van der Waals surface area contributed by atoms with E-state index in [1.807, 2.05) is 13.8 Å². The fourth-order valence-corrected chi connectivity index (χ4v) is 2.55. The summed E-state index contributed by atoms with van der Waals surface area (Å²) in [6, 6.07) is 0. The van der Waals surface area contributed by atoms with Gasteiger partial charge in [-0.3, -0.25) is 9.48 Å². The molecule has 0 radical (unpaired) electrons. The lowest BCUT2D eigenvalue weighted by atomic mass is 10.1. The first-order valence-electron chi connectivity index (χ1n) is 6.71. The largest absolute Gasteiger partial charge is 0.396 e. The van der Waals surface area contributed by atoms with Crippen molar-refractivity contribution in [3.63, 3.8) is 0 Å². The number of amides is 1. The monoisotopic (exact) mass is 266 g/mol. The number of hydrogen-bond donors (Lipinski definition) is 3. The average molecular weight is 266 g/mol. The van der Waals surface area contributed by atoms with Crippen molar-refractivity contribution >= 4 is 11.6 Å². The lowest BCUT2D eigenvalue weighted by Gasteiger charge is -2.11. The molecule has 0 aromatic carbocycles. The van der Waals surface area contributed by atoms with Crippen LogP contribution in [0.25, 0.3) is 0 Å². The van der Waals surface area contributed by atoms with Crippen LogP contribution in [-0.4, -0.2) is 33.4 Å². The standard InChI is InChI=1S/C13H22N4O2/c1-8-13(14)9(2)17(16-8)7-12(19)15-6-10-3-4-11(18)5-10/h10-11,18H,3-7,14H2,1-2H3,(H,15,19). The molecule has 0 spiro atoms. The summed E-state index contributed by atoms with van der Waals surface area (Å²) in [5.74, 6) is 0.330.